The monoisotopic (exact) mass is 562 g/mol. The summed E-state index contributed by atoms with van der Waals surface area (Å²) >= 11 is 0. The number of halogens is 1. The van der Waals surface area contributed by atoms with Crippen molar-refractivity contribution in [1.29, 1.82) is 0 Å². The Bertz CT molecular complexity index is 1760. The summed E-state index contributed by atoms with van der Waals surface area (Å²) in [6.07, 6.45) is 6.58. The third kappa shape index (κ3) is 5.98. The van der Waals surface area contributed by atoms with Gasteiger partial charge in [0.2, 0.25) is 0 Å². The number of fused-ring (bicyclic) bond motifs is 2. The lowest BCUT2D eigenvalue weighted by atomic mass is 10.2. The molecule has 10 nitrogen and oxygen atoms in total. The van der Waals surface area contributed by atoms with E-state index in [0.717, 1.165) is 66.0 Å². The number of piperazine rings is 1. The fraction of sp³-hybridized carbons (Fsp3) is 0.321. The average Bonchev–Trinajstić information content (AvgIpc) is 3.52. The van der Waals surface area contributed by atoms with Crippen LogP contribution in [0.1, 0.15) is 11.1 Å². The third-order valence-electron chi connectivity index (χ3n) is 7.30. The molecule has 2 aromatic carbocycles. The maximum Gasteiger partial charge on any atom is 0.158 e. The van der Waals surface area contributed by atoms with Crippen molar-refractivity contribution in [2.45, 2.75) is 13.1 Å². The SMILES string of the molecule is CS(=O)(=O)CCN1CCN(Cc2ccn3ncnc(Nc4ccc5c(cnn5Cc5cccc(F)c5)c4)c23)CC1. The first-order valence-corrected chi connectivity index (χ1v) is 15.3. The van der Waals surface area contributed by atoms with Gasteiger partial charge in [-0.3, -0.25) is 14.5 Å². The van der Waals surface area contributed by atoms with Crippen LogP contribution in [0, 0.1) is 5.82 Å². The first kappa shape index (κ1) is 26.4. The van der Waals surface area contributed by atoms with E-state index in [1.807, 2.05) is 45.9 Å². The Labute approximate surface area is 231 Å². The van der Waals surface area contributed by atoms with E-state index in [9.17, 15) is 12.8 Å². The highest BCUT2D eigenvalue weighted by molar-refractivity contribution is 7.90. The van der Waals surface area contributed by atoms with Gasteiger partial charge in [-0.2, -0.15) is 10.2 Å². The van der Waals surface area contributed by atoms with E-state index in [1.54, 1.807) is 6.07 Å². The van der Waals surface area contributed by atoms with Crippen LogP contribution in [0.3, 0.4) is 0 Å². The van der Waals surface area contributed by atoms with Crippen LogP contribution in [-0.4, -0.2) is 87.3 Å². The van der Waals surface area contributed by atoms with Gasteiger partial charge in [0.15, 0.2) is 5.82 Å². The molecule has 1 fully saturated rings. The second kappa shape index (κ2) is 11.0. The van der Waals surface area contributed by atoms with Crippen LogP contribution in [0.25, 0.3) is 16.4 Å². The van der Waals surface area contributed by atoms with E-state index < -0.39 is 9.84 Å². The molecule has 0 bridgehead atoms. The van der Waals surface area contributed by atoms with Crippen LogP contribution >= 0.6 is 0 Å². The number of sulfone groups is 1. The lowest BCUT2D eigenvalue weighted by molar-refractivity contribution is 0.133. The Morgan fingerprint density at radius 2 is 1.80 bits per heavy atom. The van der Waals surface area contributed by atoms with E-state index >= 15 is 0 Å². The van der Waals surface area contributed by atoms with Crippen molar-refractivity contribution < 1.29 is 12.8 Å². The number of nitrogens with one attached hydrogen (secondary N) is 1. The Kier molecular flexibility index (Phi) is 7.22. The normalized spacial score (nSPS) is 15.2. The number of nitrogens with zero attached hydrogens (tertiary/aromatic N) is 7. The molecule has 6 rings (SSSR count). The van der Waals surface area contributed by atoms with Crippen LogP contribution in [0.5, 0.6) is 0 Å². The summed E-state index contributed by atoms with van der Waals surface area (Å²) in [6.45, 7) is 5.25. The Morgan fingerprint density at radius 3 is 2.60 bits per heavy atom. The van der Waals surface area contributed by atoms with Crippen molar-refractivity contribution in [2.75, 3.05) is 50.0 Å². The van der Waals surface area contributed by atoms with E-state index in [4.69, 9.17) is 0 Å². The van der Waals surface area contributed by atoms with Gasteiger partial charge in [-0.1, -0.05) is 12.1 Å². The summed E-state index contributed by atoms with van der Waals surface area (Å²) in [5.41, 5.74) is 4.74. The zero-order valence-corrected chi connectivity index (χ0v) is 23.1. The lowest BCUT2D eigenvalue weighted by Crippen LogP contribution is -2.47. The van der Waals surface area contributed by atoms with Crippen molar-refractivity contribution in [3.8, 4) is 0 Å². The van der Waals surface area contributed by atoms with Gasteiger partial charge >= 0.3 is 0 Å². The van der Waals surface area contributed by atoms with Gasteiger partial charge in [-0.05, 0) is 47.5 Å². The summed E-state index contributed by atoms with van der Waals surface area (Å²) in [5, 5.41) is 13.3. The second-order valence-electron chi connectivity index (χ2n) is 10.3. The summed E-state index contributed by atoms with van der Waals surface area (Å²) in [7, 11) is -2.95. The molecule has 1 aliphatic rings. The van der Waals surface area contributed by atoms with Crippen molar-refractivity contribution in [3.05, 3.63) is 84.2 Å². The molecule has 0 spiro atoms. The molecule has 1 N–H and O–H groups in total. The summed E-state index contributed by atoms with van der Waals surface area (Å²) in [5.74, 6) is 0.657. The number of hydrogen-bond donors (Lipinski definition) is 1. The van der Waals surface area contributed by atoms with Gasteiger partial charge in [0.05, 0.1) is 24.0 Å². The fourth-order valence-electron chi connectivity index (χ4n) is 5.18. The number of hydrogen-bond acceptors (Lipinski definition) is 8. The molecule has 0 radical (unpaired) electrons. The van der Waals surface area contributed by atoms with Crippen molar-refractivity contribution in [2.24, 2.45) is 0 Å². The second-order valence-corrected chi connectivity index (χ2v) is 12.6. The predicted octanol–water partition coefficient (Wildman–Crippen LogP) is 3.17. The average molecular weight is 563 g/mol. The van der Waals surface area contributed by atoms with E-state index in [-0.39, 0.29) is 11.6 Å². The quantitative estimate of drug-likeness (QED) is 0.293. The largest absolute Gasteiger partial charge is 0.338 e. The zero-order valence-electron chi connectivity index (χ0n) is 22.2. The first-order valence-electron chi connectivity index (χ1n) is 13.2. The minimum Gasteiger partial charge on any atom is -0.338 e. The van der Waals surface area contributed by atoms with E-state index in [1.165, 1.54) is 24.7 Å². The first-order chi connectivity index (χ1) is 19.3. The third-order valence-corrected chi connectivity index (χ3v) is 8.22. The van der Waals surface area contributed by atoms with Gasteiger partial charge in [0.1, 0.15) is 27.5 Å². The number of anilines is 2. The Balaban J connectivity index is 1.16. The molecular weight excluding hydrogens is 531 g/mol. The number of benzene rings is 2. The molecule has 12 heteroatoms. The van der Waals surface area contributed by atoms with E-state index in [2.05, 4.69) is 36.4 Å². The van der Waals surface area contributed by atoms with Crippen LogP contribution < -0.4 is 5.32 Å². The maximum absolute atomic E-state index is 13.6. The number of aromatic nitrogens is 5. The molecular formula is C28H31FN8O2S. The Morgan fingerprint density at radius 1 is 0.975 bits per heavy atom. The van der Waals surface area contributed by atoms with Gasteiger partial charge in [0.25, 0.3) is 0 Å². The maximum atomic E-state index is 13.6. The van der Waals surface area contributed by atoms with Crippen LogP contribution in [-0.2, 0) is 22.9 Å². The molecule has 3 aromatic heterocycles. The Hall–Kier alpha value is -3.87. The van der Waals surface area contributed by atoms with Gasteiger partial charge in [-0.15, -0.1) is 0 Å². The molecule has 0 amide bonds. The van der Waals surface area contributed by atoms with Crippen LogP contribution in [0.15, 0.2) is 67.3 Å². The molecule has 0 aliphatic carbocycles. The molecule has 0 unspecified atom stereocenters. The highest BCUT2D eigenvalue weighted by Gasteiger charge is 2.20. The zero-order chi connectivity index (χ0) is 27.7. The van der Waals surface area contributed by atoms with Gasteiger partial charge < -0.3 is 5.32 Å². The highest BCUT2D eigenvalue weighted by atomic mass is 32.2. The smallest absolute Gasteiger partial charge is 0.158 e. The van der Waals surface area contributed by atoms with Crippen molar-refractivity contribution in [1.82, 2.24) is 34.2 Å². The predicted molar refractivity (Wildman–Crippen MR) is 153 cm³/mol. The molecule has 40 heavy (non-hydrogen) atoms. The molecule has 0 atom stereocenters. The van der Waals surface area contributed by atoms with E-state index in [0.29, 0.717) is 18.9 Å². The van der Waals surface area contributed by atoms with Crippen LogP contribution in [0.4, 0.5) is 15.9 Å². The molecule has 208 valence electrons. The van der Waals surface area contributed by atoms with Crippen molar-refractivity contribution >= 4 is 37.8 Å². The molecule has 1 aliphatic heterocycles. The minimum atomic E-state index is -2.95. The van der Waals surface area contributed by atoms with Gasteiger partial charge in [-0.25, -0.2) is 22.3 Å². The van der Waals surface area contributed by atoms with Crippen LogP contribution in [0.2, 0.25) is 0 Å². The standard InChI is InChI=1S/C28H31FN8O2S/c1-40(38,39)14-13-34-9-11-35(12-10-34)19-22-7-8-36-27(22)28(30-20-32-36)33-25-5-6-26-23(16-25)17-31-37(26)18-21-3-2-4-24(29)15-21/h2-8,15-17,20H,9-14,18-19H2,1H3,(H,30,32,33). The lowest BCUT2D eigenvalue weighted by Gasteiger charge is -2.34. The number of rotatable bonds is 9. The van der Waals surface area contributed by atoms with Crippen molar-refractivity contribution in [3.63, 3.8) is 0 Å². The molecule has 1 saturated heterocycles. The summed E-state index contributed by atoms with van der Waals surface area (Å²) in [4.78, 5) is 9.14. The summed E-state index contributed by atoms with van der Waals surface area (Å²) in [6, 6.07) is 14.7. The highest BCUT2D eigenvalue weighted by Crippen LogP contribution is 2.27. The van der Waals surface area contributed by atoms with Gasteiger partial charge in [0, 0.05) is 62.8 Å². The molecule has 5 aromatic rings. The summed E-state index contributed by atoms with van der Waals surface area (Å²) < 4.78 is 40.3. The molecule has 0 saturated carbocycles. The fourth-order valence-corrected chi connectivity index (χ4v) is 5.77. The minimum absolute atomic E-state index is 0.198. The molecule has 4 heterocycles. The topological polar surface area (TPSA) is 101 Å².